The Morgan fingerprint density at radius 2 is 1.96 bits per heavy atom. The van der Waals surface area contributed by atoms with Crippen molar-refractivity contribution in [2.45, 2.75) is 6.92 Å². The Balaban J connectivity index is 2.11. The Hall–Kier alpha value is -2.22. The third-order valence-corrected chi connectivity index (χ3v) is 4.11. The third kappa shape index (κ3) is 4.19. The second-order valence-electron chi connectivity index (χ2n) is 4.77. The van der Waals surface area contributed by atoms with E-state index < -0.39 is 10.8 Å². The van der Waals surface area contributed by atoms with Crippen molar-refractivity contribution >= 4 is 57.8 Å². The molecule has 1 amide bonds. The number of hydrogen-bond donors (Lipinski definition) is 2. The SMILES string of the molecule is Cc1ccc(NC(=S)NC(=O)c2cccc(Cl)c2Cl)cc1[N+](=O)[O-]. The minimum absolute atomic E-state index is 0.0193. The quantitative estimate of drug-likeness (QED) is 0.467. The molecular weight excluding hydrogens is 373 g/mol. The van der Waals surface area contributed by atoms with E-state index in [1.54, 1.807) is 31.2 Å². The number of amides is 1. The van der Waals surface area contributed by atoms with Crippen LogP contribution < -0.4 is 10.6 Å². The highest BCUT2D eigenvalue weighted by Gasteiger charge is 2.15. The Labute approximate surface area is 152 Å². The standard InChI is InChI=1S/C15H11Cl2N3O3S/c1-8-5-6-9(7-12(8)20(22)23)18-15(24)19-14(21)10-3-2-4-11(16)13(10)17/h2-7H,1H3,(H2,18,19,21,24). The van der Waals surface area contributed by atoms with Crippen LogP contribution in [0.25, 0.3) is 0 Å². The second-order valence-corrected chi connectivity index (χ2v) is 5.96. The molecule has 0 heterocycles. The number of benzene rings is 2. The summed E-state index contributed by atoms with van der Waals surface area (Å²) < 4.78 is 0. The summed E-state index contributed by atoms with van der Waals surface area (Å²) in [5, 5.41) is 16.4. The van der Waals surface area contributed by atoms with E-state index in [0.29, 0.717) is 11.3 Å². The first-order chi connectivity index (χ1) is 11.3. The molecule has 0 unspecified atom stereocenters. The molecule has 2 N–H and O–H groups in total. The van der Waals surface area contributed by atoms with E-state index in [1.165, 1.54) is 12.1 Å². The largest absolute Gasteiger partial charge is 0.332 e. The molecule has 0 aliphatic rings. The van der Waals surface area contributed by atoms with E-state index in [-0.39, 0.29) is 26.4 Å². The first-order valence-corrected chi connectivity index (χ1v) is 7.77. The molecule has 0 spiro atoms. The van der Waals surface area contributed by atoms with Crippen molar-refractivity contribution in [2.24, 2.45) is 0 Å². The number of nitrogens with zero attached hydrogens (tertiary/aromatic N) is 1. The summed E-state index contributed by atoms with van der Waals surface area (Å²) in [7, 11) is 0. The van der Waals surface area contributed by atoms with Crippen LogP contribution in [0.4, 0.5) is 11.4 Å². The van der Waals surface area contributed by atoms with Crippen molar-refractivity contribution in [1.29, 1.82) is 0 Å². The van der Waals surface area contributed by atoms with Crippen LogP contribution in [0.1, 0.15) is 15.9 Å². The maximum Gasteiger partial charge on any atom is 0.274 e. The van der Waals surface area contributed by atoms with Crippen molar-refractivity contribution in [3.63, 3.8) is 0 Å². The summed E-state index contributed by atoms with van der Waals surface area (Å²) in [6.07, 6.45) is 0. The fraction of sp³-hybridized carbons (Fsp3) is 0.0667. The molecule has 0 saturated carbocycles. The average molecular weight is 384 g/mol. The number of carbonyl (C=O) groups is 1. The molecule has 9 heteroatoms. The number of carbonyl (C=O) groups excluding carboxylic acids is 1. The number of rotatable bonds is 3. The monoisotopic (exact) mass is 383 g/mol. The highest BCUT2D eigenvalue weighted by atomic mass is 35.5. The average Bonchev–Trinajstić information content (AvgIpc) is 2.51. The Bertz CT molecular complexity index is 843. The zero-order valence-electron chi connectivity index (χ0n) is 12.3. The Kier molecular flexibility index (Phi) is 5.71. The minimum atomic E-state index is -0.540. The van der Waals surface area contributed by atoms with Crippen LogP contribution in [0.3, 0.4) is 0 Å². The number of halogens is 2. The van der Waals surface area contributed by atoms with Crippen LogP contribution >= 0.6 is 35.4 Å². The third-order valence-electron chi connectivity index (χ3n) is 3.09. The fourth-order valence-corrected chi connectivity index (χ4v) is 2.49. The predicted molar refractivity (Wildman–Crippen MR) is 98.0 cm³/mol. The Morgan fingerprint density at radius 1 is 1.25 bits per heavy atom. The van der Waals surface area contributed by atoms with Gasteiger partial charge in [-0.05, 0) is 37.3 Å². The highest BCUT2D eigenvalue weighted by molar-refractivity contribution is 7.80. The Morgan fingerprint density at radius 3 is 2.62 bits per heavy atom. The molecular formula is C15H11Cl2N3O3S. The lowest BCUT2D eigenvalue weighted by molar-refractivity contribution is -0.385. The van der Waals surface area contributed by atoms with Crippen molar-refractivity contribution in [3.05, 3.63) is 67.7 Å². The smallest absolute Gasteiger partial charge is 0.274 e. The normalized spacial score (nSPS) is 10.1. The predicted octanol–water partition coefficient (Wildman–Crippen LogP) is 4.34. The maximum atomic E-state index is 12.2. The van der Waals surface area contributed by atoms with E-state index in [1.807, 2.05) is 0 Å². The number of aryl methyl sites for hydroxylation is 1. The number of anilines is 1. The van der Waals surface area contributed by atoms with Gasteiger partial charge in [-0.1, -0.05) is 35.3 Å². The van der Waals surface area contributed by atoms with Gasteiger partial charge >= 0.3 is 0 Å². The van der Waals surface area contributed by atoms with Crippen LogP contribution in [0.2, 0.25) is 10.0 Å². The lowest BCUT2D eigenvalue weighted by Gasteiger charge is -2.11. The lowest BCUT2D eigenvalue weighted by atomic mass is 10.2. The number of thiocarbonyl (C=S) groups is 1. The first-order valence-electron chi connectivity index (χ1n) is 6.61. The zero-order chi connectivity index (χ0) is 17.9. The summed E-state index contributed by atoms with van der Waals surface area (Å²) >= 11 is 16.9. The molecule has 0 saturated heterocycles. The number of nitro groups is 1. The van der Waals surface area contributed by atoms with E-state index in [4.69, 9.17) is 35.4 Å². The van der Waals surface area contributed by atoms with Gasteiger partial charge in [-0.2, -0.15) is 0 Å². The van der Waals surface area contributed by atoms with E-state index in [2.05, 4.69) is 10.6 Å². The van der Waals surface area contributed by atoms with Gasteiger partial charge in [0.1, 0.15) is 0 Å². The lowest BCUT2D eigenvalue weighted by Crippen LogP contribution is -2.34. The van der Waals surface area contributed by atoms with Gasteiger partial charge in [0, 0.05) is 17.3 Å². The van der Waals surface area contributed by atoms with Gasteiger partial charge in [-0.15, -0.1) is 0 Å². The van der Waals surface area contributed by atoms with Gasteiger partial charge in [0.25, 0.3) is 11.6 Å². The van der Waals surface area contributed by atoms with Gasteiger partial charge in [-0.3, -0.25) is 20.2 Å². The van der Waals surface area contributed by atoms with Crippen LogP contribution in [0.5, 0.6) is 0 Å². The first kappa shape index (κ1) is 18.1. The molecule has 2 aromatic carbocycles. The number of nitrogens with one attached hydrogen (secondary N) is 2. The molecule has 6 nitrogen and oxygen atoms in total. The molecule has 0 aromatic heterocycles. The van der Waals surface area contributed by atoms with E-state index >= 15 is 0 Å². The molecule has 0 bridgehead atoms. The van der Waals surface area contributed by atoms with Gasteiger partial charge < -0.3 is 5.32 Å². The van der Waals surface area contributed by atoms with Crippen molar-refractivity contribution in [1.82, 2.24) is 5.32 Å². The summed E-state index contributed by atoms with van der Waals surface area (Å²) in [4.78, 5) is 22.6. The summed E-state index contributed by atoms with van der Waals surface area (Å²) in [5.74, 6) is -0.540. The topological polar surface area (TPSA) is 84.3 Å². The molecule has 24 heavy (non-hydrogen) atoms. The molecule has 2 rings (SSSR count). The van der Waals surface area contributed by atoms with Gasteiger partial charge in [0.15, 0.2) is 5.11 Å². The van der Waals surface area contributed by atoms with Crippen LogP contribution in [-0.4, -0.2) is 15.9 Å². The van der Waals surface area contributed by atoms with Gasteiger partial charge in [0.2, 0.25) is 0 Å². The van der Waals surface area contributed by atoms with Gasteiger partial charge in [0.05, 0.1) is 20.5 Å². The molecule has 0 aliphatic heterocycles. The van der Waals surface area contributed by atoms with E-state index in [9.17, 15) is 14.9 Å². The molecule has 0 aliphatic carbocycles. The summed E-state index contributed by atoms with van der Waals surface area (Å²) in [6.45, 7) is 1.63. The second kappa shape index (κ2) is 7.57. The number of hydrogen-bond acceptors (Lipinski definition) is 4. The molecule has 0 fully saturated rings. The summed E-state index contributed by atoms with van der Waals surface area (Å²) in [5.41, 5.74) is 1.02. The minimum Gasteiger partial charge on any atom is -0.332 e. The van der Waals surface area contributed by atoms with Gasteiger partial charge in [-0.25, -0.2) is 0 Å². The number of nitro benzene ring substituents is 1. The molecule has 0 atom stereocenters. The molecule has 2 aromatic rings. The van der Waals surface area contributed by atoms with Crippen LogP contribution in [0.15, 0.2) is 36.4 Å². The van der Waals surface area contributed by atoms with Crippen molar-refractivity contribution in [3.8, 4) is 0 Å². The fourth-order valence-electron chi connectivity index (χ4n) is 1.90. The summed E-state index contributed by atoms with van der Waals surface area (Å²) in [6, 6.07) is 9.18. The maximum absolute atomic E-state index is 12.2. The highest BCUT2D eigenvalue weighted by Crippen LogP contribution is 2.25. The molecule has 0 radical (unpaired) electrons. The zero-order valence-corrected chi connectivity index (χ0v) is 14.6. The van der Waals surface area contributed by atoms with E-state index in [0.717, 1.165) is 0 Å². The van der Waals surface area contributed by atoms with Crippen molar-refractivity contribution in [2.75, 3.05) is 5.32 Å². The van der Waals surface area contributed by atoms with Crippen LogP contribution in [0, 0.1) is 17.0 Å². The molecule has 124 valence electrons. The van der Waals surface area contributed by atoms with Crippen molar-refractivity contribution < 1.29 is 9.72 Å². The van der Waals surface area contributed by atoms with Crippen LogP contribution in [-0.2, 0) is 0 Å².